The molecule has 12 amide bonds. The Balaban J connectivity index is 6.39. The predicted molar refractivity (Wildman–Crippen MR) is 257 cm³/mol. The largest absolute Gasteiger partial charge is 0.481 e. The number of primary amides is 3. The van der Waals surface area contributed by atoms with E-state index in [1.807, 2.05) is 16.0 Å². The van der Waals surface area contributed by atoms with Crippen molar-refractivity contribution in [3.63, 3.8) is 0 Å². The van der Waals surface area contributed by atoms with E-state index >= 15 is 0 Å². The number of aliphatic carboxylic acids is 3. The van der Waals surface area contributed by atoms with Gasteiger partial charge in [-0.1, -0.05) is 34.1 Å². The number of aliphatic hydroxyl groups is 2. The van der Waals surface area contributed by atoms with Gasteiger partial charge in [0.25, 0.3) is 0 Å². The Morgan fingerprint density at radius 2 is 0.803 bits per heavy atom. The summed E-state index contributed by atoms with van der Waals surface area (Å²) in [5.74, 6) is -19.4. The molecule has 0 heterocycles. The van der Waals surface area contributed by atoms with Crippen molar-refractivity contribution >= 4 is 88.8 Å². The fourth-order valence-electron chi connectivity index (χ4n) is 6.53. The van der Waals surface area contributed by atoms with Crippen molar-refractivity contribution < 1.29 is 97.5 Å². The third-order valence-corrected chi connectivity index (χ3v) is 10.9. The first-order chi connectivity index (χ1) is 35.3. The Hall–Kier alpha value is -8.07. The molecule has 0 rings (SSSR count). The number of hydrogen-bond donors (Lipinski definition) is 18. The third kappa shape index (κ3) is 25.7. The summed E-state index contributed by atoms with van der Waals surface area (Å²) in [6.07, 6.45) is -4.70. The number of nitrogens with two attached hydrogens (primary N) is 4. The molecule has 0 saturated heterocycles. The van der Waals surface area contributed by atoms with Crippen LogP contribution in [0.2, 0.25) is 0 Å². The van der Waals surface area contributed by atoms with Crippen LogP contribution in [0.25, 0.3) is 0 Å². The normalized spacial score (nSPS) is 15.3. The Morgan fingerprint density at radius 3 is 1.24 bits per heavy atom. The maximum absolute atomic E-state index is 13.8. The highest BCUT2D eigenvalue weighted by molar-refractivity contribution is 6.00. The first-order valence-corrected chi connectivity index (χ1v) is 23.5. The quantitative estimate of drug-likeness (QED) is 0.0275. The molecular weight excluding hydrogens is 1020 g/mol. The van der Waals surface area contributed by atoms with E-state index < -0.39 is 200 Å². The van der Waals surface area contributed by atoms with Crippen LogP contribution < -0.4 is 70.8 Å². The molecule has 428 valence electrons. The van der Waals surface area contributed by atoms with Gasteiger partial charge in [-0.3, -0.25) is 67.1 Å². The standard InChI is InChI=1S/C43H71N13O20/c1-6-18(4)33(42(74)50-22(43(75)76)8-10-29(46)60)56-39(71)23(11-17(2)3)51-37(69)24(13-30(47)61)52-36(68)21(7-9-28(45)59)49-34(66)19(5)48-40(72)26(15-57)55-38(70)25(14-32(64)65)53-41(73)27(16-58)54-35(67)20(44)12-31(62)63/h17-27,33,57-58H,6-16,44H2,1-5H3,(H2,45,59)(H2,46,60)(H2,47,61)(H,48,72)(H,49,66)(H,50,74)(H,51,69)(H,52,68)(H,53,73)(H,54,67)(H,55,70)(H,56,71)(H,62,63)(H,64,65)(H,75,76)/t18-,19-,20-,21-,22-,23-,24-,25-,26-,27-,33-/m0/s1. The summed E-state index contributed by atoms with van der Waals surface area (Å²) in [6.45, 7) is 5.23. The van der Waals surface area contributed by atoms with E-state index in [9.17, 15) is 92.3 Å². The summed E-state index contributed by atoms with van der Waals surface area (Å²) in [7, 11) is 0. The molecule has 0 aromatic carbocycles. The van der Waals surface area contributed by atoms with Gasteiger partial charge in [-0.2, -0.15) is 0 Å². The molecule has 0 aromatic heterocycles. The highest BCUT2D eigenvalue weighted by Gasteiger charge is 2.37. The van der Waals surface area contributed by atoms with E-state index in [1.54, 1.807) is 27.7 Å². The molecular formula is C43H71N13O20. The minimum absolute atomic E-state index is 0.109. The van der Waals surface area contributed by atoms with Crippen LogP contribution in [0, 0.1) is 11.8 Å². The number of aliphatic hydroxyl groups excluding tert-OH is 2. The zero-order valence-corrected chi connectivity index (χ0v) is 42.4. The van der Waals surface area contributed by atoms with Crippen molar-refractivity contribution in [1.82, 2.24) is 47.9 Å². The van der Waals surface area contributed by atoms with E-state index in [0.717, 1.165) is 6.92 Å². The summed E-state index contributed by atoms with van der Waals surface area (Å²) >= 11 is 0. The second-order valence-corrected chi connectivity index (χ2v) is 17.8. The molecule has 0 bridgehead atoms. The zero-order chi connectivity index (χ0) is 58.7. The van der Waals surface area contributed by atoms with E-state index in [1.165, 1.54) is 0 Å². The van der Waals surface area contributed by atoms with Gasteiger partial charge < -0.3 is 96.3 Å². The summed E-state index contributed by atoms with van der Waals surface area (Å²) in [5.41, 5.74) is 21.2. The topological polar surface area (TPSA) is 570 Å². The van der Waals surface area contributed by atoms with Gasteiger partial charge in [0.15, 0.2) is 0 Å². The fraction of sp³-hybridized carbons (Fsp3) is 0.651. The Kier molecular flexibility index (Phi) is 30.1. The Morgan fingerprint density at radius 1 is 0.421 bits per heavy atom. The number of rotatable bonds is 37. The van der Waals surface area contributed by atoms with Crippen LogP contribution in [-0.4, -0.2) is 188 Å². The lowest BCUT2D eigenvalue weighted by atomic mass is 9.96. The van der Waals surface area contributed by atoms with Gasteiger partial charge in [-0.25, -0.2) is 4.79 Å². The average Bonchev–Trinajstić information content (AvgIpc) is 3.31. The van der Waals surface area contributed by atoms with Crippen LogP contribution in [0.15, 0.2) is 0 Å². The summed E-state index contributed by atoms with van der Waals surface area (Å²) in [4.78, 5) is 189. The molecule has 0 aliphatic carbocycles. The molecule has 0 aliphatic rings. The van der Waals surface area contributed by atoms with Crippen molar-refractivity contribution in [2.24, 2.45) is 34.8 Å². The first-order valence-electron chi connectivity index (χ1n) is 23.5. The maximum atomic E-state index is 13.8. The summed E-state index contributed by atoms with van der Waals surface area (Å²) in [6, 6.07) is -17.4. The van der Waals surface area contributed by atoms with E-state index in [-0.39, 0.29) is 31.6 Å². The van der Waals surface area contributed by atoms with Crippen molar-refractivity contribution in [3.05, 3.63) is 0 Å². The zero-order valence-electron chi connectivity index (χ0n) is 42.4. The number of carboxylic acid groups (broad SMARTS) is 3. The second kappa shape index (κ2) is 33.7. The van der Waals surface area contributed by atoms with Gasteiger partial charge in [0.05, 0.1) is 38.5 Å². The van der Waals surface area contributed by atoms with Crippen LogP contribution in [-0.2, 0) is 71.9 Å². The van der Waals surface area contributed by atoms with Crippen molar-refractivity contribution in [1.29, 1.82) is 0 Å². The van der Waals surface area contributed by atoms with Gasteiger partial charge in [0.1, 0.15) is 54.4 Å². The van der Waals surface area contributed by atoms with Crippen LogP contribution in [0.4, 0.5) is 0 Å². The fourth-order valence-corrected chi connectivity index (χ4v) is 6.53. The lowest BCUT2D eigenvalue weighted by molar-refractivity contribution is -0.143. The Labute approximate surface area is 434 Å². The van der Waals surface area contributed by atoms with Crippen molar-refractivity contribution in [2.75, 3.05) is 13.2 Å². The molecule has 22 N–H and O–H groups in total. The minimum Gasteiger partial charge on any atom is -0.481 e. The SMILES string of the molecule is CC[C@H](C)[C@H](NC(=O)[C@H](CC(C)C)NC(=O)[C@H](CC(N)=O)NC(=O)[C@H](CCC(N)=O)NC(=O)[C@H](C)NC(=O)[C@H](CO)NC(=O)[C@H](CC(=O)O)NC(=O)[C@H](CO)NC(=O)[C@@H](N)CC(=O)O)C(=O)N[C@@H](CCC(N)=O)C(=O)O. The number of carbonyl (C=O) groups excluding carboxylic acids is 12. The molecule has 0 spiro atoms. The smallest absolute Gasteiger partial charge is 0.326 e. The lowest BCUT2D eigenvalue weighted by Crippen LogP contribution is -2.61. The van der Waals surface area contributed by atoms with Gasteiger partial charge >= 0.3 is 17.9 Å². The van der Waals surface area contributed by atoms with E-state index in [2.05, 4.69) is 31.9 Å². The number of amides is 12. The van der Waals surface area contributed by atoms with Crippen molar-refractivity contribution in [3.8, 4) is 0 Å². The van der Waals surface area contributed by atoms with Crippen LogP contribution in [0.5, 0.6) is 0 Å². The third-order valence-electron chi connectivity index (χ3n) is 10.9. The molecule has 0 aliphatic heterocycles. The van der Waals surface area contributed by atoms with Crippen molar-refractivity contribution in [2.45, 2.75) is 153 Å². The molecule has 0 radical (unpaired) electrons. The number of hydrogen-bond acceptors (Lipinski definition) is 18. The first kappa shape index (κ1) is 67.9. The van der Waals surface area contributed by atoms with Crippen LogP contribution >= 0.6 is 0 Å². The molecule has 33 nitrogen and oxygen atoms in total. The summed E-state index contributed by atoms with van der Waals surface area (Å²) < 4.78 is 0. The molecule has 11 atom stereocenters. The van der Waals surface area contributed by atoms with E-state index in [0.29, 0.717) is 0 Å². The highest BCUT2D eigenvalue weighted by atomic mass is 16.4. The summed E-state index contributed by atoms with van der Waals surface area (Å²) in [5, 5.41) is 66.9. The molecule has 0 aromatic rings. The van der Waals surface area contributed by atoms with Crippen LogP contribution in [0.1, 0.15) is 92.4 Å². The van der Waals surface area contributed by atoms with Gasteiger partial charge in [0.2, 0.25) is 70.9 Å². The molecule has 0 saturated carbocycles. The monoisotopic (exact) mass is 1090 g/mol. The maximum Gasteiger partial charge on any atom is 0.326 e. The Bertz CT molecular complexity index is 2140. The molecule has 76 heavy (non-hydrogen) atoms. The van der Waals surface area contributed by atoms with Gasteiger partial charge in [-0.15, -0.1) is 0 Å². The van der Waals surface area contributed by atoms with E-state index in [4.69, 9.17) is 28.0 Å². The number of carboxylic acids is 3. The second-order valence-electron chi connectivity index (χ2n) is 17.8. The van der Waals surface area contributed by atoms with Gasteiger partial charge in [-0.05, 0) is 38.0 Å². The number of carbonyl (C=O) groups is 15. The lowest BCUT2D eigenvalue weighted by Gasteiger charge is -2.29. The molecule has 33 heteroatoms. The molecule has 0 unspecified atom stereocenters. The van der Waals surface area contributed by atoms with Crippen LogP contribution in [0.3, 0.4) is 0 Å². The highest BCUT2D eigenvalue weighted by Crippen LogP contribution is 2.13. The minimum atomic E-state index is -2.06. The average molecular weight is 1090 g/mol. The predicted octanol–water partition coefficient (Wildman–Crippen LogP) is -8.79. The molecule has 0 fully saturated rings. The van der Waals surface area contributed by atoms with Gasteiger partial charge in [0, 0.05) is 12.8 Å². The number of nitrogens with one attached hydrogen (secondary N) is 9.